The van der Waals surface area contributed by atoms with E-state index >= 15 is 0 Å². The first-order chi connectivity index (χ1) is 12.2. The summed E-state index contributed by atoms with van der Waals surface area (Å²) in [7, 11) is 0. The van der Waals surface area contributed by atoms with E-state index in [1.807, 2.05) is 48.5 Å². The molecule has 3 rings (SSSR count). The van der Waals surface area contributed by atoms with Gasteiger partial charge in [-0.3, -0.25) is 4.79 Å². The Morgan fingerprint density at radius 1 is 0.840 bits per heavy atom. The third-order valence-corrected chi connectivity index (χ3v) is 4.07. The highest BCUT2D eigenvalue weighted by atomic mass is 19.1. The van der Waals surface area contributed by atoms with Crippen LogP contribution < -0.4 is 5.32 Å². The lowest BCUT2D eigenvalue weighted by molar-refractivity contribution is -0.121. The molecular formula is C22H20FNO. The SMILES string of the molecule is O=C(Cc1cccc(F)c1)NC(Cc1ccccc1)c1ccccc1. The predicted octanol–water partition coefficient (Wildman–Crippen LogP) is 4.47. The number of carbonyl (C=O) groups excluding carboxylic acids is 1. The zero-order chi connectivity index (χ0) is 17.5. The highest BCUT2D eigenvalue weighted by molar-refractivity contribution is 5.79. The summed E-state index contributed by atoms with van der Waals surface area (Å²) in [6.45, 7) is 0. The standard InChI is InChI=1S/C22H20FNO/c23-20-13-7-10-18(14-20)16-22(25)24-21(19-11-5-2-6-12-19)15-17-8-3-1-4-9-17/h1-14,21H,15-16H2,(H,24,25). The van der Waals surface area contributed by atoms with Crippen LogP contribution in [0.5, 0.6) is 0 Å². The molecule has 0 fully saturated rings. The number of nitrogens with one attached hydrogen (secondary N) is 1. The molecule has 25 heavy (non-hydrogen) atoms. The van der Waals surface area contributed by atoms with Gasteiger partial charge in [0.2, 0.25) is 5.91 Å². The number of hydrogen-bond donors (Lipinski definition) is 1. The molecule has 1 N–H and O–H groups in total. The first-order valence-electron chi connectivity index (χ1n) is 8.33. The van der Waals surface area contributed by atoms with Crippen molar-refractivity contribution in [1.29, 1.82) is 0 Å². The lowest BCUT2D eigenvalue weighted by atomic mass is 9.98. The summed E-state index contributed by atoms with van der Waals surface area (Å²) >= 11 is 0. The minimum atomic E-state index is -0.325. The van der Waals surface area contributed by atoms with Gasteiger partial charge in [0.15, 0.2) is 0 Å². The van der Waals surface area contributed by atoms with Crippen LogP contribution in [0.25, 0.3) is 0 Å². The van der Waals surface area contributed by atoms with Crippen molar-refractivity contribution in [2.75, 3.05) is 0 Å². The molecule has 0 aliphatic heterocycles. The minimum absolute atomic E-state index is 0.115. The highest BCUT2D eigenvalue weighted by Crippen LogP contribution is 2.18. The predicted molar refractivity (Wildman–Crippen MR) is 97.6 cm³/mol. The van der Waals surface area contributed by atoms with Gasteiger partial charge in [0.1, 0.15) is 5.82 Å². The molecule has 3 heteroatoms. The van der Waals surface area contributed by atoms with Crippen LogP contribution in [0.1, 0.15) is 22.7 Å². The molecule has 3 aromatic rings. The molecule has 0 bridgehead atoms. The van der Waals surface area contributed by atoms with Crippen LogP contribution in [0.4, 0.5) is 4.39 Å². The maximum Gasteiger partial charge on any atom is 0.224 e. The lowest BCUT2D eigenvalue weighted by Crippen LogP contribution is -2.31. The summed E-state index contributed by atoms with van der Waals surface area (Å²) in [5.74, 6) is -0.440. The van der Waals surface area contributed by atoms with E-state index in [-0.39, 0.29) is 24.2 Å². The largest absolute Gasteiger partial charge is 0.349 e. The van der Waals surface area contributed by atoms with Crippen LogP contribution in [-0.2, 0) is 17.6 Å². The quantitative estimate of drug-likeness (QED) is 0.708. The van der Waals surface area contributed by atoms with E-state index in [0.29, 0.717) is 12.0 Å². The minimum Gasteiger partial charge on any atom is -0.349 e. The second kappa shape index (κ2) is 8.25. The fraction of sp³-hybridized carbons (Fsp3) is 0.136. The molecule has 3 aromatic carbocycles. The van der Waals surface area contributed by atoms with Gasteiger partial charge in [0, 0.05) is 0 Å². The first kappa shape index (κ1) is 16.9. The van der Waals surface area contributed by atoms with E-state index in [9.17, 15) is 9.18 Å². The molecule has 0 aliphatic rings. The van der Waals surface area contributed by atoms with Crippen molar-refractivity contribution in [3.8, 4) is 0 Å². The molecule has 0 saturated carbocycles. The van der Waals surface area contributed by atoms with Gasteiger partial charge < -0.3 is 5.32 Å². The van der Waals surface area contributed by atoms with Gasteiger partial charge in [-0.1, -0.05) is 72.8 Å². The molecule has 0 heterocycles. The van der Waals surface area contributed by atoms with Gasteiger partial charge in [0.25, 0.3) is 0 Å². The van der Waals surface area contributed by atoms with Crippen LogP contribution in [0.2, 0.25) is 0 Å². The third kappa shape index (κ3) is 5.01. The number of halogens is 1. The summed E-state index contributed by atoms with van der Waals surface area (Å²) in [4.78, 5) is 12.5. The summed E-state index contributed by atoms with van der Waals surface area (Å²) in [5.41, 5.74) is 2.88. The Labute approximate surface area is 147 Å². The summed E-state index contributed by atoms with van der Waals surface area (Å²) < 4.78 is 13.3. The Kier molecular flexibility index (Phi) is 5.57. The number of benzene rings is 3. The van der Waals surface area contributed by atoms with Crippen LogP contribution >= 0.6 is 0 Å². The van der Waals surface area contributed by atoms with Crippen LogP contribution in [0, 0.1) is 5.82 Å². The van der Waals surface area contributed by atoms with Crippen LogP contribution in [0.15, 0.2) is 84.9 Å². The summed E-state index contributed by atoms with van der Waals surface area (Å²) in [6, 6.07) is 26.0. The molecule has 1 amide bonds. The Balaban J connectivity index is 1.74. The van der Waals surface area contributed by atoms with Gasteiger partial charge in [-0.05, 0) is 35.2 Å². The molecule has 1 atom stereocenters. The van der Waals surface area contributed by atoms with Crippen LogP contribution in [0.3, 0.4) is 0 Å². The van der Waals surface area contributed by atoms with Crippen molar-refractivity contribution >= 4 is 5.91 Å². The van der Waals surface area contributed by atoms with E-state index in [1.165, 1.54) is 12.1 Å². The fourth-order valence-electron chi connectivity index (χ4n) is 2.87. The van der Waals surface area contributed by atoms with Crippen molar-refractivity contribution < 1.29 is 9.18 Å². The number of hydrogen-bond acceptors (Lipinski definition) is 1. The molecule has 2 nitrogen and oxygen atoms in total. The normalized spacial score (nSPS) is 11.7. The number of rotatable bonds is 6. The fourth-order valence-corrected chi connectivity index (χ4v) is 2.87. The Morgan fingerprint density at radius 3 is 2.16 bits per heavy atom. The molecule has 0 saturated heterocycles. The van der Waals surface area contributed by atoms with Gasteiger partial charge >= 0.3 is 0 Å². The maximum absolute atomic E-state index is 13.3. The molecule has 1 unspecified atom stereocenters. The first-order valence-corrected chi connectivity index (χ1v) is 8.33. The van der Waals surface area contributed by atoms with E-state index in [1.54, 1.807) is 12.1 Å². The van der Waals surface area contributed by atoms with Crippen LogP contribution in [-0.4, -0.2) is 5.91 Å². The number of amides is 1. The smallest absolute Gasteiger partial charge is 0.224 e. The van der Waals surface area contributed by atoms with E-state index in [4.69, 9.17) is 0 Å². The summed E-state index contributed by atoms with van der Waals surface area (Å²) in [6.07, 6.45) is 0.871. The maximum atomic E-state index is 13.3. The lowest BCUT2D eigenvalue weighted by Gasteiger charge is -2.19. The topological polar surface area (TPSA) is 29.1 Å². The Hall–Kier alpha value is -2.94. The van der Waals surface area contributed by atoms with E-state index in [2.05, 4.69) is 17.4 Å². The molecule has 0 aliphatic carbocycles. The molecule has 126 valence electrons. The van der Waals surface area contributed by atoms with E-state index in [0.717, 1.165) is 11.1 Å². The average Bonchev–Trinajstić information content (AvgIpc) is 2.63. The Bertz CT molecular complexity index is 818. The van der Waals surface area contributed by atoms with Gasteiger partial charge in [0.05, 0.1) is 12.5 Å². The van der Waals surface area contributed by atoms with Crippen molar-refractivity contribution in [2.24, 2.45) is 0 Å². The third-order valence-electron chi connectivity index (χ3n) is 4.07. The second-order valence-corrected chi connectivity index (χ2v) is 6.03. The van der Waals surface area contributed by atoms with E-state index < -0.39 is 0 Å². The van der Waals surface area contributed by atoms with Crippen molar-refractivity contribution in [3.05, 3.63) is 107 Å². The number of carbonyl (C=O) groups is 1. The average molecular weight is 333 g/mol. The molecule has 0 radical (unpaired) electrons. The van der Waals surface area contributed by atoms with Crippen molar-refractivity contribution in [3.63, 3.8) is 0 Å². The monoisotopic (exact) mass is 333 g/mol. The molecule has 0 aromatic heterocycles. The highest BCUT2D eigenvalue weighted by Gasteiger charge is 2.15. The Morgan fingerprint density at radius 2 is 1.48 bits per heavy atom. The van der Waals surface area contributed by atoms with Gasteiger partial charge in [-0.15, -0.1) is 0 Å². The molecular weight excluding hydrogens is 313 g/mol. The van der Waals surface area contributed by atoms with Gasteiger partial charge in [-0.25, -0.2) is 4.39 Å². The summed E-state index contributed by atoms with van der Waals surface area (Å²) in [5, 5.41) is 3.09. The van der Waals surface area contributed by atoms with Crippen molar-refractivity contribution in [2.45, 2.75) is 18.9 Å². The second-order valence-electron chi connectivity index (χ2n) is 6.03. The molecule has 0 spiro atoms. The zero-order valence-electron chi connectivity index (χ0n) is 13.9. The van der Waals surface area contributed by atoms with Crippen molar-refractivity contribution in [1.82, 2.24) is 5.32 Å². The zero-order valence-corrected chi connectivity index (χ0v) is 13.9. The van der Waals surface area contributed by atoms with Gasteiger partial charge in [-0.2, -0.15) is 0 Å².